The van der Waals surface area contributed by atoms with Gasteiger partial charge in [0.25, 0.3) is 0 Å². The highest BCUT2D eigenvalue weighted by molar-refractivity contribution is 6.27. The molecule has 1 aromatic heterocycles. The van der Waals surface area contributed by atoms with Crippen molar-refractivity contribution in [3.63, 3.8) is 0 Å². The van der Waals surface area contributed by atoms with E-state index in [-0.39, 0.29) is 0 Å². The summed E-state index contributed by atoms with van der Waals surface area (Å²) in [5, 5.41) is 17.1. The first-order chi connectivity index (χ1) is 14.8. The maximum atomic E-state index is 13.3. The van der Waals surface area contributed by atoms with E-state index in [9.17, 15) is 8.78 Å². The molecule has 0 bridgehead atoms. The highest BCUT2D eigenvalue weighted by atomic mass is 19.1. The summed E-state index contributed by atoms with van der Waals surface area (Å²) in [4.78, 5) is 27.3. The van der Waals surface area contributed by atoms with Crippen LogP contribution in [-0.4, -0.2) is 58.2 Å². The smallest absolute Gasteiger partial charge is 0.414 e. The van der Waals surface area contributed by atoms with Gasteiger partial charge in [-0.25, -0.2) is 23.4 Å². The van der Waals surface area contributed by atoms with E-state index >= 15 is 0 Å². The average Bonchev–Trinajstić information content (AvgIpc) is 2.73. The molecular weight excluding hydrogens is 408 g/mol. The molecule has 0 radical (unpaired) electrons. The van der Waals surface area contributed by atoms with Crippen LogP contribution in [0.15, 0.2) is 54.7 Å². The van der Waals surface area contributed by atoms with Gasteiger partial charge in [-0.15, -0.1) is 0 Å². The van der Waals surface area contributed by atoms with Crippen molar-refractivity contribution in [1.29, 1.82) is 0 Å². The Kier molecular flexibility index (Phi) is 7.09. The number of benzene rings is 2. The molecule has 1 aliphatic rings. The number of carboxylic acids is 2. The summed E-state index contributed by atoms with van der Waals surface area (Å²) in [6.07, 6.45) is 1.85. The standard InChI is InChI=1S/C20H19F2N3.C2H2O4/c21-17-11-15(12-18(22)13-17)14-24-7-9-25(10-8-24)20-19-4-2-1-3-16(19)5-6-23-20;3-1(4)2(5)6/h1-6,11-13H,7-10,14H2;(H,3,4)(H,5,6). The molecule has 0 spiro atoms. The van der Waals surface area contributed by atoms with E-state index < -0.39 is 23.6 Å². The minimum absolute atomic E-state index is 0.520. The number of rotatable bonds is 3. The highest BCUT2D eigenvalue weighted by Gasteiger charge is 2.20. The number of aromatic nitrogens is 1. The van der Waals surface area contributed by atoms with Gasteiger partial charge in [0.05, 0.1) is 0 Å². The van der Waals surface area contributed by atoms with E-state index in [1.165, 1.54) is 17.5 Å². The van der Waals surface area contributed by atoms with Crippen molar-refractivity contribution in [3.05, 3.63) is 71.9 Å². The van der Waals surface area contributed by atoms with Crippen LogP contribution in [0.4, 0.5) is 14.6 Å². The predicted molar refractivity (Wildman–Crippen MR) is 111 cm³/mol. The Balaban J connectivity index is 0.000000401. The third-order valence-corrected chi connectivity index (χ3v) is 4.84. The van der Waals surface area contributed by atoms with Crippen molar-refractivity contribution in [2.45, 2.75) is 6.54 Å². The number of pyridine rings is 1. The number of anilines is 1. The van der Waals surface area contributed by atoms with Crippen molar-refractivity contribution >= 4 is 28.5 Å². The molecule has 162 valence electrons. The molecule has 1 aliphatic heterocycles. The van der Waals surface area contributed by atoms with Gasteiger partial charge in [0.15, 0.2) is 0 Å². The lowest BCUT2D eigenvalue weighted by atomic mass is 10.1. The normalized spacial score (nSPS) is 14.1. The van der Waals surface area contributed by atoms with Crippen LogP contribution in [0.3, 0.4) is 0 Å². The lowest BCUT2D eigenvalue weighted by Gasteiger charge is -2.35. The van der Waals surface area contributed by atoms with Crippen LogP contribution >= 0.6 is 0 Å². The number of aliphatic carboxylic acids is 2. The predicted octanol–water partition coefficient (Wildman–Crippen LogP) is 2.99. The van der Waals surface area contributed by atoms with Crippen molar-refractivity contribution in [2.24, 2.45) is 0 Å². The highest BCUT2D eigenvalue weighted by Crippen LogP contribution is 2.25. The van der Waals surface area contributed by atoms with Crippen LogP contribution in [-0.2, 0) is 16.1 Å². The van der Waals surface area contributed by atoms with Crippen LogP contribution in [0.5, 0.6) is 0 Å². The Morgan fingerprint density at radius 1 is 0.903 bits per heavy atom. The zero-order valence-corrected chi connectivity index (χ0v) is 16.5. The van der Waals surface area contributed by atoms with Crippen molar-refractivity contribution in [1.82, 2.24) is 9.88 Å². The van der Waals surface area contributed by atoms with Gasteiger partial charge in [-0.3, -0.25) is 4.90 Å². The van der Waals surface area contributed by atoms with Crippen molar-refractivity contribution in [2.75, 3.05) is 31.1 Å². The summed E-state index contributed by atoms with van der Waals surface area (Å²) in [5.74, 6) is -3.68. The van der Waals surface area contributed by atoms with E-state index in [1.54, 1.807) is 0 Å². The van der Waals surface area contributed by atoms with Gasteiger partial charge < -0.3 is 15.1 Å². The van der Waals surface area contributed by atoms with Crippen LogP contribution in [0.1, 0.15) is 5.56 Å². The maximum Gasteiger partial charge on any atom is 0.414 e. The van der Waals surface area contributed by atoms with Gasteiger partial charge >= 0.3 is 11.9 Å². The molecule has 7 nitrogen and oxygen atoms in total. The Bertz CT molecular complexity index is 1050. The molecule has 2 aromatic carbocycles. The van der Waals surface area contributed by atoms with Crippen LogP contribution < -0.4 is 4.90 Å². The molecule has 1 fully saturated rings. The molecule has 31 heavy (non-hydrogen) atoms. The molecule has 3 aromatic rings. The SMILES string of the molecule is Fc1cc(F)cc(CN2CCN(c3nccc4ccccc34)CC2)c1.O=C(O)C(=O)O. The minimum Gasteiger partial charge on any atom is -0.473 e. The zero-order valence-electron chi connectivity index (χ0n) is 16.5. The summed E-state index contributed by atoms with van der Waals surface area (Å²) < 4.78 is 26.7. The van der Waals surface area contributed by atoms with E-state index in [2.05, 4.69) is 26.9 Å². The fraction of sp³-hybridized carbons (Fsp3) is 0.227. The van der Waals surface area contributed by atoms with Gasteiger partial charge in [-0.2, -0.15) is 0 Å². The summed E-state index contributed by atoms with van der Waals surface area (Å²) in [6.45, 7) is 3.93. The second-order valence-electron chi connectivity index (χ2n) is 7.01. The van der Waals surface area contributed by atoms with Gasteiger partial charge in [0.2, 0.25) is 0 Å². The summed E-state index contributed by atoms with van der Waals surface area (Å²) >= 11 is 0. The first-order valence-electron chi connectivity index (χ1n) is 9.55. The van der Waals surface area contributed by atoms with Crippen LogP contribution in [0.25, 0.3) is 10.8 Å². The lowest BCUT2D eigenvalue weighted by molar-refractivity contribution is -0.159. The van der Waals surface area contributed by atoms with Crippen molar-refractivity contribution in [3.8, 4) is 0 Å². The number of halogens is 2. The van der Waals surface area contributed by atoms with Gasteiger partial charge in [0.1, 0.15) is 17.5 Å². The minimum atomic E-state index is -1.82. The molecule has 0 unspecified atom stereocenters. The first-order valence-corrected chi connectivity index (χ1v) is 9.55. The second-order valence-corrected chi connectivity index (χ2v) is 7.01. The largest absolute Gasteiger partial charge is 0.473 e. The van der Waals surface area contributed by atoms with Gasteiger partial charge in [0, 0.05) is 50.4 Å². The Morgan fingerprint density at radius 3 is 2.13 bits per heavy atom. The summed E-state index contributed by atoms with van der Waals surface area (Å²) in [5.41, 5.74) is 0.675. The number of carboxylic acid groups (broad SMARTS) is 2. The third kappa shape index (κ3) is 5.95. The molecule has 0 amide bonds. The Labute approximate surface area is 177 Å². The summed E-state index contributed by atoms with van der Waals surface area (Å²) in [7, 11) is 0. The topological polar surface area (TPSA) is 94.0 Å². The molecule has 0 saturated carbocycles. The van der Waals surface area contributed by atoms with E-state index in [0.717, 1.165) is 43.4 Å². The fourth-order valence-corrected chi connectivity index (χ4v) is 3.43. The van der Waals surface area contributed by atoms with Crippen molar-refractivity contribution < 1.29 is 28.6 Å². The Morgan fingerprint density at radius 2 is 1.52 bits per heavy atom. The molecule has 2 heterocycles. The van der Waals surface area contributed by atoms with E-state index in [0.29, 0.717) is 12.1 Å². The molecule has 0 atom stereocenters. The molecule has 4 rings (SSSR count). The molecular formula is C22H21F2N3O4. The molecule has 2 N–H and O–H groups in total. The number of nitrogens with zero attached hydrogens (tertiary/aromatic N) is 3. The molecule has 1 saturated heterocycles. The average molecular weight is 429 g/mol. The third-order valence-electron chi connectivity index (χ3n) is 4.84. The number of piperazine rings is 1. The number of fused-ring (bicyclic) bond motifs is 1. The Hall–Kier alpha value is -3.59. The van der Waals surface area contributed by atoms with Gasteiger partial charge in [-0.05, 0) is 29.1 Å². The van der Waals surface area contributed by atoms with E-state index in [1.807, 2.05) is 24.4 Å². The monoisotopic (exact) mass is 429 g/mol. The quantitative estimate of drug-likeness (QED) is 0.618. The molecule has 0 aliphatic carbocycles. The zero-order chi connectivity index (χ0) is 22.4. The second kappa shape index (κ2) is 9.94. The van der Waals surface area contributed by atoms with Crippen LogP contribution in [0.2, 0.25) is 0 Å². The molecule has 9 heteroatoms. The lowest BCUT2D eigenvalue weighted by Crippen LogP contribution is -2.46. The van der Waals surface area contributed by atoms with E-state index in [4.69, 9.17) is 19.8 Å². The fourth-order valence-electron chi connectivity index (χ4n) is 3.43. The summed E-state index contributed by atoms with van der Waals surface area (Å²) in [6, 6.07) is 14.0. The van der Waals surface area contributed by atoms with Gasteiger partial charge in [-0.1, -0.05) is 24.3 Å². The number of hydrogen-bond acceptors (Lipinski definition) is 5. The maximum absolute atomic E-state index is 13.3. The number of hydrogen-bond donors (Lipinski definition) is 2. The van der Waals surface area contributed by atoms with Crippen LogP contribution in [0, 0.1) is 11.6 Å². The number of carbonyl (C=O) groups is 2. The first kappa shape index (κ1) is 22.1.